The molecule has 0 amide bonds. The maximum Gasteiger partial charge on any atom is 0.417 e. The number of nitrogens with one attached hydrogen (secondary N) is 1. The normalized spacial score (nSPS) is 19.1. The van der Waals surface area contributed by atoms with E-state index < -0.39 is 34.6 Å². The van der Waals surface area contributed by atoms with Crippen molar-refractivity contribution in [3.05, 3.63) is 46.1 Å². The van der Waals surface area contributed by atoms with E-state index in [1.165, 1.54) is 18.3 Å². The minimum Gasteiger partial charge on any atom is -0.465 e. The Morgan fingerprint density at radius 1 is 1.29 bits per heavy atom. The zero-order valence-electron chi connectivity index (χ0n) is 15.3. The number of alkyl halides is 3. The maximum atomic E-state index is 13.4. The fourth-order valence-corrected chi connectivity index (χ4v) is 3.87. The molecule has 28 heavy (non-hydrogen) atoms. The third-order valence-electron chi connectivity index (χ3n) is 4.65. The van der Waals surface area contributed by atoms with Crippen molar-refractivity contribution in [2.45, 2.75) is 38.8 Å². The van der Waals surface area contributed by atoms with E-state index in [2.05, 4.69) is 15.2 Å². The Hall–Kier alpha value is -2.35. The van der Waals surface area contributed by atoms with Gasteiger partial charge < -0.3 is 4.74 Å². The summed E-state index contributed by atoms with van der Waals surface area (Å²) in [6.45, 7) is 3.75. The minimum atomic E-state index is -4.61. The number of H-pyrrole nitrogens is 1. The Balaban J connectivity index is 2.22. The number of rotatable bonds is 5. The minimum absolute atomic E-state index is 0.149. The molecule has 0 fully saturated rings. The van der Waals surface area contributed by atoms with Gasteiger partial charge in [0.05, 0.1) is 23.4 Å². The molecule has 3 rings (SSSR count). The monoisotopic (exact) mass is 413 g/mol. The predicted molar refractivity (Wildman–Crippen MR) is 99.0 cm³/mol. The predicted octanol–water partition coefficient (Wildman–Crippen LogP) is 5.28. The Kier molecular flexibility index (Phi) is 5.79. The number of hydrogen-bond acceptors (Lipinski definition) is 4. The third-order valence-corrected chi connectivity index (χ3v) is 5.07. The number of carbonyl (C=O) groups is 1. The molecule has 150 valence electrons. The number of esters is 1. The third kappa shape index (κ3) is 3.65. The number of ether oxygens (including phenoxy) is 1. The number of nitrogens with zero attached hydrogens (tertiary/aromatic N) is 2. The molecule has 2 heterocycles. The van der Waals surface area contributed by atoms with Gasteiger partial charge in [0, 0.05) is 17.2 Å². The lowest BCUT2D eigenvalue weighted by atomic mass is 9.76. The van der Waals surface area contributed by atoms with Gasteiger partial charge >= 0.3 is 12.1 Å². The molecular weight excluding hydrogens is 395 g/mol. The summed E-state index contributed by atoms with van der Waals surface area (Å²) in [5, 5.41) is 6.28. The van der Waals surface area contributed by atoms with Crippen molar-refractivity contribution in [1.82, 2.24) is 10.2 Å². The van der Waals surface area contributed by atoms with E-state index in [9.17, 15) is 18.0 Å². The van der Waals surface area contributed by atoms with Gasteiger partial charge in [-0.25, -0.2) is 4.99 Å². The van der Waals surface area contributed by atoms with E-state index in [-0.39, 0.29) is 12.2 Å². The second kappa shape index (κ2) is 7.95. The SMILES string of the molecule is CCCC1=Nc2[nH]ncc2C(c2cccc(C(F)(F)F)c2Cl)C1C(=O)OCC. The summed E-state index contributed by atoms with van der Waals surface area (Å²) in [7, 11) is 0. The van der Waals surface area contributed by atoms with Crippen LogP contribution in [0.2, 0.25) is 5.02 Å². The van der Waals surface area contributed by atoms with Gasteiger partial charge in [0.15, 0.2) is 5.82 Å². The second-order valence-electron chi connectivity index (χ2n) is 6.44. The summed E-state index contributed by atoms with van der Waals surface area (Å²) in [5.41, 5.74) is 0.301. The molecule has 1 aliphatic heterocycles. The molecule has 1 N–H and O–H groups in total. The largest absolute Gasteiger partial charge is 0.465 e. The molecule has 1 aromatic heterocycles. The average molecular weight is 414 g/mol. The molecule has 2 atom stereocenters. The van der Waals surface area contributed by atoms with Gasteiger partial charge in [-0.15, -0.1) is 0 Å². The van der Waals surface area contributed by atoms with Crippen molar-refractivity contribution in [1.29, 1.82) is 0 Å². The van der Waals surface area contributed by atoms with Crippen LogP contribution in [-0.4, -0.2) is 28.5 Å². The molecule has 5 nitrogen and oxygen atoms in total. The van der Waals surface area contributed by atoms with Crippen LogP contribution in [0.3, 0.4) is 0 Å². The van der Waals surface area contributed by atoms with E-state index in [0.717, 1.165) is 6.07 Å². The number of aromatic nitrogens is 2. The van der Waals surface area contributed by atoms with Gasteiger partial charge in [-0.1, -0.05) is 37.1 Å². The lowest BCUT2D eigenvalue weighted by molar-refractivity contribution is -0.146. The number of halogens is 4. The standard InChI is InChI=1S/C19H19ClF3N3O2/c1-3-6-13-15(18(27)28-4-2)14(11-9-24-26-17(11)25-13)10-7-5-8-12(16(10)20)19(21,22)23/h5,7-9,14-15H,3-4,6H2,1-2H3,(H,24,26). The molecule has 0 saturated carbocycles. The number of hydrogen-bond donors (Lipinski definition) is 1. The summed E-state index contributed by atoms with van der Waals surface area (Å²) >= 11 is 6.19. The first-order valence-electron chi connectivity index (χ1n) is 8.92. The summed E-state index contributed by atoms with van der Waals surface area (Å²) in [6.07, 6.45) is -1.94. The van der Waals surface area contributed by atoms with Crippen molar-refractivity contribution in [3.63, 3.8) is 0 Å². The molecule has 9 heteroatoms. The van der Waals surface area contributed by atoms with Crippen molar-refractivity contribution in [2.24, 2.45) is 10.9 Å². The summed E-state index contributed by atoms with van der Waals surface area (Å²) < 4.78 is 45.4. The van der Waals surface area contributed by atoms with Crippen LogP contribution in [0.15, 0.2) is 29.4 Å². The Morgan fingerprint density at radius 3 is 2.68 bits per heavy atom. The topological polar surface area (TPSA) is 67.3 Å². The molecule has 0 spiro atoms. The van der Waals surface area contributed by atoms with E-state index in [1.807, 2.05) is 6.92 Å². The van der Waals surface area contributed by atoms with Gasteiger partial charge in [0.2, 0.25) is 0 Å². The van der Waals surface area contributed by atoms with Crippen LogP contribution in [0.5, 0.6) is 0 Å². The fraction of sp³-hybridized carbons (Fsp3) is 0.421. The maximum absolute atomic E-state index is 13.4. The van der Waals surface area contributed by atoms with E-state index in [0.29, 0.717) is 29.9 Å². The van der Waals surface area contributed by atoms with Crippen molar-refractivity contribution in [3.8, 4) is 0 Å². The molecule has 0 aliphatic carbocycles. The van der Waals surface area contributed by atoms with Crippen LogP contribution in [-0.2, 0) is 15.7 Å². The fourth-order valence-electron chi connectivity index (χ4n) is 3.52. The first kappa shape index (κ1) is 20.4. The van der Waals surface area contributed by atoms with E-state index in [1.54, 1.807) is 6.92 Å². The Morgan fingerprint density at radius 2 is 2.04 bits per heavy atom. The number of benzene rings is 1. The molecule has 1 aromatic carbocycles. The number of aliphatic imine (C=N–C) groups is 1. The van der Waals surface area contributed by atoms with E-state index >= 15 is 0 Å². The lowest BCUT2D eigenvalue weighted by Gasteiger charge is -2.31. The summed E-state index contributed by atoms with van der Waals surface area (Å²) in [5.74, 6) is -1.77. The lowest BCUT2D eigenvalue weighted by Crippen LogP contribution is -2.34. The van der Waals surface area contributed by atoms with Crippen LogP contribution < -0.4 is 0 Å². The second-order valence-corrected chi connectivity index (χ2v) is 6.82. The molecule has 1 aliphatic rings. The first-order valence-corrected chi connectivity index (χ1v) is 9.30. The van der Waals surface area contributed by atoms with Gasteiger partial charge in [-0.2, -0.15) is 18.3 Å². The van der Waals surface area contributed by atoms with E-state index in [4.69, 9.17) is 16.3 Å². The van der Waals surface area contributed by atoms with Crippen LogP contribution in [0, 0.1) is 5.92 Å². The van der Waals surface area contributed by atoms with Crippen LogP contribution in [0.1, 0.15) is 49.3 Å². The summed E-state index contributed by atoms with van der Waals surface area (Å²) in [6, 6.07) is 3.71. The van der Waals surface area contributed by atoms with Gasteiger partial charge in [-0.3, -0.25) is 9.89 Å². The van der Waals surface area contributed by atoms with Crippen LogP contribution >= 0.6 is 11.6 Å². The molecule has 2 aromatic rings. The van der Waals surface area contributed by atoms with Gasteiger partial charge in [0.1, 0.15) is 5.92 Å². The molecule has 0 radical (unpaired) electrons. The van der Waals surface area contributed by atoms with Gasteiger partial charge in [-0.05, 0) is 25.0 Å². The molecule has 2 unspecified atom stereocenters. The first-order chi connectivity index (χ1) is 13.3. The molecule has 0 saturated heterocycles. The van der Waals surface area contributed by atoms with Crippen molar-refractivity contribution in [2.75, 3.05) is 6.61 Å². The average Bonchev–Trinajstić information content (AvgIpc) is 3.08. The highest BCUT2D eigenvalue weighted by molar-refractivity contribution is 6.32. The smallest absolute Gasteiger partial charge is 0.417 e. The van der Waals surface area contributed by atoms with Crippen molar-refractivity contribution >= 4 is 29.1 Å². The summed E-state index contributed by atoms with van der Waals surface area (Å²) in [4.78, 5) is 17.3. The van der Waals surface area contributed by atoms with Crippen molar-refractivity contribution < 1.29 is 22.7 Å². The number of carbonyl (C=O) groups excluding carboxylic acids is 1. The quantitative estimate of drug-likeness (QED) is 0.678. The highest BCUT2D eigenvalue weighted by atomic mass is 35.5. The molecule has 0 bridgehead atoms. The number of aromatic amines is 1. The van der Waals surface area contributed by atoms with Crippen LogP contribution in [0.25, 0.3) is 0 Å². The highest BCUT2D eigenvalue weighted by Crippen LogP contribution is 2.47. The zero-order valence-corrected chi connectivity index (χ0v) is 16.1. The van der Waals surface area contributed by atoms with Gasteiger partial charge in [0.25, 0.3) is 0 Å². The molecular formula is C19H19ClF3N3O2. The number of fused-ring (bicyclic) bond motifs is 1. The highest BCUT2D eigenvalue weighted by Gasteiger charge is 2.43. The zero-order chi connectivity index (χ0) is 20.5. The Labute approximate surface area is 164 Å². The Bertz CT molecular complexity index is 908. The van der Waals surface area contributed by atoms with Crippen LogP contribution in [0.4, 0.5) is 19.0 Å².